The summed E-state index contributed by atoms with van der Waals surface area (Å²) in [5.41, 5.74) is 9.32. The normalized spacial score (nSPS) is 10.5. The van der Waals surface area contributed by atoms with Gasteiger partial charge in [0.25, 0.3) is 0 Å². The van der Waals surface area contributed by atoms with Crippen molar-refractivity contribution in [3.8, 4) is 0 Å². The lowest BCUT2D eigenvalue weighted by Crippen LogP contribution is -1.92. The molecule has 0 saturated heterocycles. The monoisotopic (exact) mass is 326 g/mol. The van der Waals surface area contributed by atoms with Gasteiger partial charge in [0, 0.05) is 0 Å². The molecule has 0 saturated carbocycles. The predicted octanol–water partition coefficient (Wildman–Crippen LogP) is 6.68. The van der Waals surface area contributed by atoms with E-state index in [1.807, 2.05) is 0 Å². The fraction of sp³-hybridized carbons (Fsp3) is 0.200. The van der Waals surface area contributed by atoms with Crippen LogP contribution in [0.3, 0.4) is 0 Å². The van der Waals surface area contributed by atoms with Crippen LogP contribution in [0, 0.1) is 20.8 Å². The van der Waals surface area contributed by atoms with Crippen LogP contribution in [0.1, 0.15) is 39.8 Å². The average molecular weight is 326 g/mol. The molecule has 0 spiro atoms. The van der Waals surface area contributed by atoms with E-state index in [1.54, 1.807) is 0 Å². The molecule has 0 radical (unpaired) electrons. The fourth-order valence-electron chi connectivity index (χ4n) is 3.13. The van der Waals surface area contributed by atoms with E-state index in [1.165, 1.54) is 39.0 Å². The molecule has 0 fully saturated rings. The molecule has 0 aliphatic carbocycles. The van der Waals surface area contributed by atoms with E-state index in [4.69, 9.17) is 0 Å². The lowest BCUT2D eigenvalue weighted by molar-refractivity contribution is 0.988. The summed E-state index contributed by atoms with van der Waals surface area (Å²) in [6, 6.07) is 26.4. The van der Waals surface area contributed by atoms with Gasteiger partial charge < -0.3 is 0 Å². The van der Waals surface area contributed by atoms with Crippen LogP contribution in [-0.4, -0.2) is 0 Å². The molecule has 0 N–H and O–H groups in total. The smallest absolute Gasteiger partial charge is 0.0151 e. The Labute approximate surface area is 151 Å². The van der Waals surface area contributed by atoms with Crippen molar-refractivity contribution in [2.24, 2.45) is 0 Å². The Bertz CT molecular complexity index is 802. The highest BCUT2D eigenvalue weighted by molar-refractivity contribution is 5.79. The second-order valence-electron chi connectivity index (χ2n) is 6.82. The van der Waals surface area contributed by atoms with E-state index >= 15 is 0 Å². The number of rotatable bonds is 5. The first-order valence-electron chi connectivity index (χ1n) is 9.02. The van der Waals surface area contributed by atoms with E-state index in [-0.39, 0.29) is 0 Å². The second kappa shape index (κ2) is 7.98. The number of hydrogen-bond donors (Lipinski definition) is 0. The summed E-state index contributed by atoms with van der Waals surface area (Å²) in [5.74, 6) is 0. The van der Waals surface area contributed by atoms with Crippen LogP contribution >= 0.6 is 0 Å². The first-order chi connectivity index (χ1) is 12.1. The Morgan fingerprint density at radius 1 is 0.680 bits per heavy atom. The van der Waals surface area contributed by atoms with Crippen molar-refractivity contribution in [2.45, 2.75) is 33.6 Å². The Hall–Kier alpha value is -2.60. The molecule has 0 heteroatoms. The molecular formula is C25H26. The number of hydrogen-bond acceptors (Lipinski definition) is 0. The summed E-state index contributed by atoms with van der Waals surface area (Å²) in [7, 11) is 0. The van der Waals surface area contributed by atoms with E-state index < -0.39 is 0 Å². The van der Waals surface area contributed by atoms with Gasteiger partial charge in [-0.15, -0.1) is 0 Å². The molecule has 3 aromatic rings. The third-order valence-corrected chi connectivity index (χ3v) is 4.75. The zero-order chi connectivity index (χ0) is 17.6. The summed E-state index contributed by atoms with van der Waals surface area (Å²) in [5, 5.41) is 0. The van der Waals surface area contributed by atoms with Crippen LogP contribution in [0.25, 0.3) is 5.57 Å². The summed E-state index contributed by atoms with van der Waals surface area (Å²) >= 11 is 0. The molecule has 0 bridgehead atoms. The Morgan fingerprint density at radius 3 is 1.72 bits per heavy atom. The van der Waals surface area contributed by atoms with Crippen molar-refractivity contribution in [1.82, 2.24) is 0 Å². The Kier molecular flexibility index (Phi) is 5.50. The van der Waals surface area contributed by atoms with Gasteiger partial charge in [-0.1, -0.05) is 90.0 Å². The molecule has 0 amide bonds. The quantitative estimate of drug-likeness (QED) is 0.491. The number of aryl methyl sites for hydroxylation is 4. The van der Waals surface area contributed by atoms with E-state index in [0.717, 1.165) is 12.8 Å². The minimum atomic E-state index is 1.04. The summed E-state index contributed by atoms with van der Waals surface area (Å²) < 4.78 is 0. The van der Waals surface area contributed by atoms with Crippen LogP contribution < -0.4 is 0 Å². The third-order valence-electron chi connectivity index (χ3n) is 4.75. The molecule has 126 valence electrons. The van der Waals surface area contributed by atoms with Crippen LogP contribution in [0.2, 0.25) is 0 Å². The Morgan fingerprint density at radius 2 is 1.20 bits per heavy atom. The maximum atomic E-state index is 2.39. The summed E-state index contributed by atoms with van der Waals surface area (Å²) in [6.45, 7) is 6.47. The molecular weight excluding hydrogens is 300 g/mol. The summed E-state index contributed by atoms with van der Waals surface area (Å²) in [4.78, 5) is 0. The molecule has 0 atom stereocenters. The highest BCUT2D eigenvalue weighted by Crippen LogP contribution is 2.25. The highest BCUT2D eigenvalue weighted by atomic mass is 14.1. The highest BCUT2D eigenvalue weighted by Gasteiger charge is 2.05. The van der Waals surface area contributed by atoms with E-state index in [0.29, 0.717) is 0 Å². The topological polar surface area (TPSA) is 0 Å². The standard InChI is InChI=1S/C25H26/c1-19-11-15-23(16-12-19)25(24-17-13-20(2)14-18-24)10-6-9-22-8-5-4-7-21(22)3/h4-5,7-8,10-18H,6,9H2,1-3H3. The second-order valence-corrected chi connectivity index (χ2v) is 6.82. The van der Waals surface area contributed by atoms with E-state index in [2.05, 4.69) is 99.6 Å². The molecule has 0 unspecified atom stereocenters. The fourth-order valence-corrected chi connectivity index (χ4v) is 3.13. The zero-order valence-electron chi connectivity index (χ0n) is 15.4. The third kappa shape index (κ3) is 4.48. The van der Waals surface area contributed by atoms with Gasteiger partial charge in [-0.3, -0.25) is 0 Å². The van der Waals surface area contributed by atoms with Crippen molar-refractivity contribution >= 4 is 5.57 Å². The van der Waals surface area contributed by atoms with Crippen molar-refractivity contribution in [2.75, 3.05) is 0 Å². The predicted molar refractivity (Wildman–Crippen MR) is 109 cm³/mol. The molecule has 0 aliphatic rings. The Balaban J connectivity index is 1.89. The van der Waals surface area contributed by atoms with Gasteiger partial charge in [-0.25, -0.2) is 0 Å². The minimum absolute atomic E-state index is 1.04. The first kappa shape index (κ1) is 17.2. The van der Waals surface area contributed by atoms with Crippen molar-refractivity contribution in [1.29, 1.82) is 0 Å². The summed E-state index contributed by atoms with van der Waals surface area (Å²) in [6.07, 6.45) is 4.51. The van der Waals surface area contributed by atoms with Crippen LogP contribution in [0.4, 0.5) is 0 Å². The van der Waals surface area contributed by atoms with Crippen LogP contribution in [0.5, 0.6) is 0 Å². The van der Waals surface area contributed by atoms with Gasteiger partial charge in [-0.2, -0.15) is 0 Å². The lowest BCUT2D eigenvalue weighted by Gasteiger charge is -2.11. The average Bonchev–Trinajstić information content (AvgIpc) is 2.62. The van der Waals surface area contributed by atoms with Gasteiger partial charge >= 0.3 is 0 Å². The minimum Gasteiger partial charge on any atom is -0.0757 e. The van der Waals surface area contributed by atoms with Crippen molar-refractivity contribution in [3.63, 3.8) is 0 Å². The molecule has 0 nitrogen and oxygen atoms in total. The van der Waals surface area contributed by atoms with Gasteiger partial charge in [-0.05, 0) is 61.4 Å². The van der Waals surface area contributed by atoms with Crippen molar-refractivity contribution < 1.29 is 0 Å². The zero-order valence-corrected chi connectivity index (χ0v) is 15.4. The molecule has 3 aromatic carbocycles. The van der Waals surface area contributed by atoms with Gasteiger partial charge in [0.15, 0.2) is 0 Å². The molecule has 3 rings (SSSR count). The van der Waals surface area contributed by atoms with Gasteiger partial charge in [0.05, 0.1) is 0 Å². The first-order valence-corrected chi connectivity index (χ1v) is 9.02. The van der Waals surface area contributed by atoms with Crippen molar-refractivity contribution in [3.05, 3.63) is 112 Å². The van der Waals surface area contributed by atoms with Crippen LogP contribution in [-0.2, 0) is 6.42 Å². The lowest BCUT2D eigenvalue weighted by atomic mass is 9.94. The largest absolute Gasteiger partial charge is 0.0757 e. The van der Waals surface area contributed by atoms with Crippen LogP contribution in [0.15, 0.2) is 78.9 Å². The number of benzene rings is 3. The molecule has 0 aliphatic heterocycles. The maximum Gasteiger partial charge on any atom is -0.0151 e. The SMILES string of the molecule is Cc1ccc(C(=CCCc2ccccc2C)c2ccc(C)cc2)cc1. The number of allylic oxidation sites excluding steroid dienone is 1. The van der Waals surface area contributed by atoms with Gasteiger partial charge in [0.2, 0.25) is 0 Å². The molecule has 25 heavy (non-hydrogen) atoms. The van der Waals surface area contributed by atoms with E-state index in [9.17, 15) is 0 Å². The van der Waals surface area contributed by atoms with Gasteiger partial charge in [0.1, 0.15) is 0 Å². The molecule has 0 heterocycles. The molecule has 0 aromatic heterocycles. The maximum absolute atomic E-state index is 2.39.